The van der Waals surface area contributed by atoms with E-state index in [2.05, 4.69) is 30.5 Å². The van der Waals surface area contributed by atoms with Crippen LogP contribution in [0.15, 0.2) is 48.6 Å². The van der Waals surface area contributed by atoms with E-state index >= 15 is 0 Å². The standard InChI is InChI=1S/C22H23NO4/c1-13-11-23-12-14(2)22(20(24)26-3,21(25)27-4)19(23)17-10-9-15-7-5-6-8-16(15)18(13)17/h5-10,13,19H,2,11-12H2,1,3-4H3/t13-,19-/m1/s1. The van der Waals surface area contributed by atoms with Crippen LogP contribution in [-0.2, 0) is 19.1 Å². The summed E-state index contributed by atoms with van der Waals surface area (Å²) in [4.78, 5) is 28.0. The molecule has 0 radical (unpaired) electrons. The molecule has 0 N–H and O–H groups in total. The quantitative estimate of drug-likeness (QED) is 0.465. The Bertz CT molecular complexity index is 948. The van der Waals surface area contributed by atoms with Crippen LogP contribution in [0.2, 0.25) is 0 Å². The number of fused-ring (bicyclic) bond motifs is 5. The normalized spacial score (nSPS) is 23.6. The lowest BCUT2D eigenvalue weighted by Crippen LogP contribution is -2.48. The van der Waals surface area contributed by atoms with E-state index in [0.717, 1.165) is 22.9 Å². The first-order valence-corrected chi connectivity index (χ1v) is 9.07. The molecule has 140 valence electrons. The number of nitrogens with zero attached hydrogens (tertiary/aromatic N) is 1. The number of carbonyl (C=O) groups excluding carboxylic acids is 2. The Kier molecular flexibility index (Phi) is 4.07. The zero-order valence-corrected chi connectivity index (χ0v) is 15.8. The van der Waals surface area contributed by atoms with Crippen LogP contribution in [0.5, 0.6) is 0 Å². The summed E-state index contributed by atoms with van der Waals surface area (Å²) in [6.07, 6.45) is 0. The number of rotatable bonds is 2. The van der Waals surface area contributed by atoms with Crippen molar-refractivity contribution >= 4 is 22.7 Å². The van der Waals surface area contributed by atoms with Crippen molar-refractivity contribution in [1.29, 1.82) is 0 Å². The second kappa shape index (κ2) is 6.20. The molecule has 1 saturated heterocycles. The van der Waals surface area contributed by atoms with Gasteiger partial charge in [-0.1, -0.05) is 49.9 Å². The molecule has 0 unspecified atom stereocenters. The van der Waals surface area contributed by atoms with Crippen LogP contribution in [0.25, 0.3) is 10.8 Å². The monoisotopic (exact) mass is 365 g/mol. The van der Waals surface area contributed by atoms with Crippen LogP contribution < -0.4 is 0 Å². The second-order valence-electron chi connectivity index (χ2n) is 7.42. The summed E-state index contributed by atoms with van der Waals surface area (Å²) in [5.74, 6) is -0.956. The zero-order chi connectivity index (χ0) is 19.3. The molecule has 2 heterocycles. The second-order valence-corrected chi connectivity index (χ2v) is 7.42. The van der Waals surface area contributed by atoms with Crippen LogP contribution in [0.3, 0.4) is 0 Å². The Hall–Kier alpha value is -2.66. The molecule has 0 saturated carbocycles. The van der Waals surface area contributed by atoms with E-state index in [1.54, 1.807) is 0 Å². The van der Waals surface area contributed by atoms with Crippen molar-refractivity contribution in [3.05, 3.63) is 59.7 Å². The van der Waals surface area contributed by atoms with E-state index in [4.69, 9.17) is 9.47 Å². The summed E-state index contributed by atoms with van der Waals surface area (Å²) in [7, 11) is 2.60. The van der Waals surface area contributed by atoms with E-state index in [0.29, 0.717) is 12.1 Å². The molecular weight excluding hydrogens is 342 g/mol. The number of carbonyl (C=O) groups is 2. The number of benzene rings is 2. The Balaban J connectivity index is 2.03. The molecule has 0 bridgehead atoms. The van der Waals surface area contributed by atoms with Gasteiger partial charge in [-0.2, -0.15) is 0 Å². The number of hydrogen-bond acceptors (Lipinski definition) is 5. The van der Waals surface area contributed by atoms with Gasteiger partial charge in [0, 0.05) is 13.1 Å². The van der Waals surface area contributed by atoms with E-state index in [1.807, 2.05) is 24.3 Å². The van der Waals surface area contributed by atoms with E-state index in [9.17, 15) is 9.59 Å². The molecule has 5 heteroatoms. The zero-order valence-electron chi connectivity index (χ0n) is 15.8. The molecule has 2 aliphatic heterocycles. The Labute approximate surface area is 158 Å². The third kappa shape index (κ3) is 2.21. The van der Waals surface area contributed by atoms with Crippen LogP contribution >= 0.6 is 0 Å². The van der Waals surface area contributed by atoms with Gasteiger partial charge in [0.2, 0.25) is 5.41 Å². The summed E-state index contributed by atoms with van der Waals surface area (Å²) in [5, 5.41) is 2.30. The number of methoxy groups -OCH3 is 2. The summed E-state index contributed by atoms with van der Waals surface area (Å²) in [6, 6.07) is 11.8. The fourth-order valence-corrected chi connectivity index (χ4v) is 4.99. The first-order chi connectivity index (χ1) is 13.0. The molecule has 5 nitrogen and oxygen atoms in total. The van der Waals surface area contributed by atoms with Gasteiger partial charge >= 0.3 is 11.9 Å². The van der Waals surface area contributed by atoms with Gasteiger partial charge in [0.05, 0.1) is 20.3 Å². The van der Waals surface area contributed by atoms with E-state index < -0.39 is 23.4 Å². The van der Waals surface area contributed by atoms with E-state index in [-0.39, 0.29) is 5.92 Å². The van der Waals surface area contributed by atoms with Crippen molar-refractivity contribution in [2.24, 2.45) is 5.41 Å². The summed E-state index contributed by atoms with van der Waals surface area (Å²) in [5.41, 5.74) is 1.14. The lowest BCUT2D eigenvalue weighted by molar-refractivity contribution is -0.168. The summed E-state index contributed by atoms with van der Waals surface area (Å²) >= 11 is 0. The highest BCUT2D eigenvalue weighted by molar-refractivity contribution is 6.05. The third-order valence-electron chi connectivity index (χ3n) is 6.04. The van der Waals surface area contributed by atoms with Gasteiger partial charge in [0.25, 0.3) is 0 Å². The molecular formula is C22H23NO4. The van der Waals surface area contributed by atoms with Crippen LogP contribution in [-0.4, -0.2) is 44.1 Å². The first-order valence-electron chi connectivity index (χ1n) is 9.07. The van der Waals surface area contributed by atoms with Crippen LogP contribution in [0.1, 0.15) is 30.0 Å². The molecule has 0 aliphatic carbocycles. The largest absolute Gasteiger partial charge is 0.468 e. The van der Waals surface area contributed by atoms with Gasteiger partial charge < -0.3 is 9.47 Å². The Morgan fingerprint density at radius 1 is 1.11 bits per heavy atom. The smallest absolute Gasteiger partial charge is 0.329 e. The first kappa shape index (κ1) is 17.7. The lowest BCUT2D eigenvalue weighted by Gasteiger charge is -2.41. The third-order valence-corrected chi connectivity index (χ3v) is 6.04. The average molecular weight is 365 g/mol. The maximum atomic E-state index is 12.9. The highest BCUT2D eigenvalue weighted by Crippen LogP contribution is 2.56. The molecule has 0 spiro atoms. The molecule has 2 aromatic rings. The molecule has 0 aromatic heterocycles. The molecule has 4 rings (SSSR count). The fourth-order valence-electron chi connectivity index (χ4n) is 4.99. The maximum Gasteiger partial charge on any atom is 0.329 e. The molecule has 2 aromatic carbocycles. The fraction of sp³-hybridized carbons (Fsp3) is 0.364. The highest BCUT2D eigenvalue weighted by atomic mass is 16.5. The topological polar surface area (TPSA) is 55.8 Å². The SMILES string of the molecule is C=C1CN2C[C@@H](C)c3c(ccc4ccccc34)[C@@H]2C1(C(=O)OC)C(=O)OC. The minimum absolute atomic E-state index is 0.265. The van der Waals surface area contributed by atoms with Crippen molar-refractivity contribution in [3.8, 4) is 0 Å². The average Bonchev–Trinajstić information content (AvgIpc) is 2.98. The van der Waals surface area contributed by atoms with Crippen LogP contribution in [0, 0.1) is 5.41 Å². The number of ether oxygens (including phenoxy) is 2. The van der Waals surface area contributed by atoms with Gasteiger partial charge in [-0.3, -0.25) is 14.5 Å². The molecule has 2 aliphatic rings. The number of hydrogen-bond donors (Lipinski definition) is 0. The van der Waals surface area contributed by atoms with Crippen molar-refractivity contribution in [3.63, 3.8) is 0 Å². The van der Waals surface area contributed by atoms with Crippen LogP contribution in [0.4, 0.5) is 0 Å². The maximum absolute atomic E-state index is 12.9. The minimum atomic E-state index is -1.54. The Morgan fingerprint density at radius 2 is 1.78 bits per heavy atom. The van der Waals surface area contributed by atoms with Gasteiger partial charge in [0.1, 0.15) is 0 Å². The highest BCUT2D eigenvalue weighted by Gasteiger charge is 2.64. The van der Waals surface area contributed by atoms with E-state index in [1.165, 1.54) is 19.8 Å². The summed E-state index contributed by atoms with van der Waals surface area (Å²) in [6.45, 7) is 7.47. The van der Waals surface area contributed by atoms with Gasteiger partial charge in [-0.05, 0) is 33.4 Å². The Morgan fingerprint density at radius 3 is 2.44 bits per heavy atom. The lowest BCUT2D eigenvalue weighted by atomic mass is 9.70. The molecule has 1 fully saturated rings. The van der Waals surface area contributed by atoms with Gasteiger partial charge in [-0.25, -0.2) is 0 Å². The van der Waals surface area contributed by atoms with Gasteiger partial charge in [0.15, 0.2) is 0 Å². The van der Waals surface area contributed by atoms with Crippen molar-refractivity contribution in [1.82, 2.24) is 4.90 Å². The van der Waals surface area contributed by atoms with Crippen molar-refractivity contribution in [2.45, 2.75) is 18.9 Å². The summed E-state index contributed by atoms with van der Waals surface area (Å²) < 4.78 is 10.2. The van der Waals surface area contributed by atoms with Gasteiger partial charge in [-0.15, -0.1) is 0 Å². The molecule has 0 amide bonds. The minimum Gasteiger partial charge on any atom is -0.468 e. The van der Waals surface area contributed by atoms with Crippen molar-refractivity contribution < 1.29 is 19.1 Å². The molecule has 2 atom stereocenters. The predicted octanol–water partition coefficient (Wildman–Crippen LogP) is 3.20. The van der Waals surface area contributed by atoms with Crippen molar-refractivity contribution in [2.75, 3.05) is 27.3 Å². The number of esters is 2. The molecule has 27 heavy (non-hydrogen) atoms. The predicted molar refractivity (Wildman–Crippen MR) is 102 cm³/mol.